The standard InChI is InChI=1S/C22H24N6O3/c1-4-27(5-2)22(29)31-19(15-6-7-15)20-25-21-18(30-3)9-8-17(28(21)26-20)16-10-14(11-23)12-24-13-16/h8-10,12-13,15,19H,4-7H2,1-3H3. The Kier molecular flexibility index (Phi) is 5.71. The molecule has 31 heavy (non-hydrogen) atoms. The molecular weight excluding hydrogens is 396 g/mol. The molecule has 3 heterocycles. The zero-order valence-electron chi connectivity index (χ0n) is 17.8. The van der Waals surface area contributed by atoms with Crippen molar-refractivity contribution in [2.75, 3.05) is 20.2 Å². The summed E-state index contributed by atoms with van der Waals surface area (Å²) in [6.45, 7) is 4.98. The van der Waals surface area contributed by atoms with E-state index in [0.29, 0.717) is 41.6 Å². The molecule has 0 aliphatic heterocycles. The summed E-state index contributed by atoms with van der Waals surface area (Å²) in [5, 5.41) is 13.9. The van der Waals surface area contributed by atoms with E-state index >= 15 is 0 Å². The average molecular weight is 420 g/mol. The van der Waals surface area contributed by atoms with E-state index in [2.05, 4.69) is 16.0 Å². The van der Waals surface area contributed by atoms with Crippen molar-refractivity contribution in [2.45, 2.75) is 32.8 Å². The number of rotatable bonds is 7. The van der Waals surface area contributed by atoms with Crippen molar-refractivity contribution in [1.29, 1.82) is 5.26 Å². The Labute approximate surface area is 180 Å². The minimum absolute atomic E-state index is 0.204. The molecule has 0 aromatic carbocycles. The van der Waals surface area contributed by atoms with Crippen LogP contribution in [0.5, 0.6) is 5.75 Å². The number of hydrogen-bond acceptors (Lipinski definition) is 7. The molecule has 1 fully saturated rings. The van der Waals surface area contributed by atoms with Gasteiger partial charge in [-0.3, -0.25) is 4.98 Å². The van der Waals surface area contributed by atoms with Gasteiger partial charge in [0, 0.05) is 37.0 Å². The van der Waals surface area contributed by atoms with Crippen LogP contribution in [0.1, 0.15) is 44.2 Å². The van der Waals surface area contributed by atoms with Gasteiger partial charge in [-0.2, -0.15) is 5.26 Å². The van der Waals surface area contributed by atoms with Crippen LogP contribution in [-0.4, -0.2) is 50.8 Å². The lowest BCUT2D eigenvalue weighted by molar-refractivity contribution is 0.0507. The van der Waals surface area contributed by atoms with Crippen LogP contribution < -0.4 is 4.74 Å². The number of ether oxygens (including phenoxy) is 2. The van der Waals surface area contributed by atoms with E-state index in [1.807, 2.05) is 19.9 Å². The quantitative estimate of drug-likeness (QED) is 0.575. The number of pyridine rings is 2. The highest BCUT2D eigenvalue weighted by molar-refractivity contribution is 5.69. The largest absolute Gasteiger partial charge is 0.493 e. The molecular formula is C22H24N6O3. The second-order valence-corrected chi connectivity index (χ2v) is 7.38. The number of nitrogens with zero attached hydrogens (tertiary/aromatic N) is 6. The number of methoxy groups -OCH3 is 1. The molecule has 9 nitrogen and oxygen atoms in total. The monoisotopic (exact) mass is 420 g/mol. The van der Waals surface area contributed by atoms with E-state index in [4.69, 9.17) is 14.6 Å². The first-order chi connectivity index (χ1) is 15.1. The normalized spacial score (nSPS) is 14.1. The lowest BCUT2D eigenvalue weighted by atomic mass is 10.1. The van der Waals surface area contributed by atoms with Crippen molar-refractivity contribution in [3.05, 3.63) is 42.0 Å². The van der Waals surface area contributed by atoms with Crippen molar-refractivity contribution in [1.82, 2.24) is 24.5 Å². The molecule has 1 atom stereocenters. The second kappa shape index (κ2) is 8.60. The molecule has 0 N–H and O–H groups in total. The molecule has 0 saturated heterocycles. The zero-order valence-corrected chi connectivity index (χ0v) is 17.8. The molecule has 9 heteroatoms. The minimum Gasteiger partial charge on any atom is -0.493 e. The van der Waals surface area contributed by atoms with Gasteiger partial charge in [0.2, 0.25) is 0 Å². The van der Waals surface area contributed by atoms with Gasteiger partial charge in [0.1, 0.15) is 6.07 Å². The van der Waals surface area contributed by atoms with Crippen molar-refractivity contribution in [2.24, 2.45) is 5.92 Å². The lowest BCUT2D eigenvalue weighted by Crippen LogP contribution is -2.32. The van der Waals surface area contributed by atoms with Crippen molar-refractivity contribution in [3.63, 3.8) is 0 Å². The Morgan fingerprint density at radius 3 is 2.74 bits per heavy atom. The summed E-state index contributed by atoms with van der Waals surface area (Å²) >= 11 is 0. The van der Waals surface area contributed by atoms with Crippen molar-refractivity contribution in [3.8, 4) is 23.1 Å². The maximum Gasteiger partial charge on any atom is 0.410 e. The highest BCUT2D eigenvalue weighted by Crippen LogP contribution is 2.43. The van der Waals surface area contributed by atoms with E-state index in [1.165, 1.54) is 6.20 Å². The van der Waals surface area contributed by atoms with Crippen LogP contribution in [0.15, 0.2) is 30.6 Å². The van der Waals surface area contributed by atoms with Crippen LogP contribution >= 0.6 is 0 Å². The highest BCUT2D eigenvalue weighted by Gasteiger charge is 2.39. The molecule has 4 rings (SSSR count). The number of hydrogen-bond donors (Lipinski definition) is 0. The van der Waals surface area contributed by atoms with Gasteiger partial charge in [-0.15, -0.1) is 5.10 Å². The molecule has 0 spiro atoms. The van der Waals surface area contributed by atoms with Gasteiger partial charge in [-0.1, -0.05) is 0 Å². The molecule has 160 valence electrons. The average Bonchev–Trinajstić information content (AvgIpc) is 3.54. The third kappa shape index (κ3) is 4.01. The van der Waals surface area contributed by atoms with Crippen LogP contribution in [0.25, 0.3) is 16.9 Å². The molecule has 3 aromatic heterocycles. The molecule has 1 aliphatic rings. The summed E-state index contributed by atoms with van der Waals surface area (Å²) in [4.78, 5) is 23.1. The summed E-state index contributed by atoms with van der Waals surface area (Å²) in [5.41, 5.74) is 2.41. The summed E-state index contributed by atoms with van der Waals surface area (Å²) in [6, 6.07) is 7.49. The highest BCUT2D eigenvalue weighted by atomic mass is 16.6. The predicted octanol–water partition coefficient (Wildman–Crippen LogP) is 3.60. The van der Waals surface area contributed by atoms with Crippen molar-refractivity contribution >= 4 is 11.7 Å². The SMILES string of the molecule is CCN(CC)C(=O)OC(c1nc2c(OC)ccc(-c3cncc(C#N)c3)n2n1)C1CC1. The first-order valence-corrected chi connectivity index (χ1v) is 10.3. The van der Waals surface area contributed by atoms with Crippen LogP contribution in [0, 0.1) is 17.2 Å². The van der Waals surface area contributed by atoms with Gasteiger partial charge in [-0.25, -0.2) is 14.3 Å². The van der Waals surface area contributed by atoms with Gasteiger partial charge >= 0.3 is 6.09 Å². The number of aromatic nitrogens is 4. The van der Waals surface area contributed by atoms with E-state index in [0.717, 1.165) is 18.4 Å². The Balaban J connectivity index is 1.78. The van der Waals surface area contributed by atoms with Gasteiger partial charge in [0.25, 0.3) is 0 Å². The number of carbonyl (C=O) groups is 1. The van der Waals surface area contributed by atoms with Gasteiger partial charge in [0.15, 0.2) is 23.3 Å². The Hall–Kier alpha value is -3.67. The molecule has 1 amide bonds. The Morgan fingerprint density at radius 1 is 1.32 bits per heavy atom. The molecule has 1 aliphatic carbocycles. The zero-order chi connectivity index (χ0) is 22.0. The number of fused-ring (bicyclic) bond motifs is 1. The molecule has 1 saturated carbocycles. The molecule has 0 bridgehead atoms. The number of carbonyl (C=O) groups excluding carboxylic acids is 1. The summed E-state index contributed by atoms with van der Waals surface area (Å²) in [7, 11) is 1.57. The van der Waals surface area contributed by atoms with Gasteiger partial charge < -0.3 is 14.4 Å². The fourth-order valence-corrected chi connectivity index (χ4v) is 3.52. The third-order valence-electron chi connectivity index (χ3n) is 5.40. The van der Waals surface area contributed by atoms with Crippen LogP contribution in [-0.2, 0) is 4.74 Å². The summed E-state index contributed by atoms with van der Waals surface area (Å²) < 4.78 is 13.0. The molecule has 0 radical (unpaired) electrons. The van der Waals surface area contributed by atoms with Gasteiger partial charge in [0.05, 0.1) is 18.4 Å². The maximum absolute atomic E-state index is 12.6. The number of amides is 1. The smallest absolute Gasteiger partial charge is 0.410 e. The van der Waals surface area contributed by atoms with E-state index in [9.17, 15) is 10.1 Å². The lowest BCUT2D eigenvalue weighted by Gasteiger charge is -2.22. The van der Waals surface area contributed by atoms with Crippen LogP contribution in [0.3, 0.4) is 0 Å². The first kappa shape index (κ1) is 20.6. The third-order valence-corrected chi connectivity index (χ3v) is 5.40. The van der Waals surface area contributed by atoms with Crippen molar-refractivity contribution < 1.29 is 14.3 Å². The summed E-state index contributed by atoms with van der Waals surface area (Å²) in [6.07, 6.45) is 4.22. The Bertz CT molecular complexity index is 1140. The van der Waals surface area contributed by atoms with E-state index in [-0.39, 0.29) is 12.0 Å². The summed E-state index contributed by atoms with van der Waals surface area (Å²) in [5.74, 6) is 1.20. The fourth-order valence-electron chi connectivity index (χ4n) is 3.52. The predicted molar refractivity (Wildman–Crippen MR) is 112 cm³/mol. The van der Waals surface area contributed by atoms with Gasteiger partial charge in [-0.05, 0) is 44.9 Å². The van der Waals surface area contributed by atoms with E-state index in [1.54, 1.807) is 34.9 Å². The maximum atomic E-state index is 12.6. The Morgan fingerprint density at radius 2 is 2.10 bits per heavy atom. The molecule has 1 unspecified atom stereocenters. The number of nitriles is 1. The molecule has 3 aromatic rings. The second-order valence-electron chi connectivity index (χ2n) is 7.38. The fraction of sp³-hybridized carbons (Fsp3) is 0.409. The first-order valence-electron chi connectivity index (χ1n) is 10.3. The van der Waals surface area contributed by atoms with E-state index < -0.39 is 6.10 Å². The van der Waals surface area contributed by atoms with Crippen LogP contribution in [0.4, 0.5) is 4.79 Å². The van der Waals surface area contributed by atoms with Crippen LogP contribution in [0.2, 0.25) is 0 Å². The minimum atomic E-state index is -0.519. The topological polar surface area (TPSA) is 106 Å².